The molecule has 5 heterocycles. The van der Waals surface area contributed by atoms with E-state index >= 15 is 0 Å². The zero-order valence-electron chi connectivity index (χ0n) is 40.8. The minimum absolute atomic E-state index is 0.0392. The highest BCUT2D eigenvalue weighted by Gasteiger charge is 2.51. The van der Waals surface area contributed by atoms with Crippen molar-refractivity contribution in [3.8, 4) is 0 Å². The van der Waals surface area contributed by atoms with Gasteiger partial charge in [0.25, 0.3) is 5.56 Å². The number of benzene rings is 2. The van der Waals surface area contributed by atoms with Gasteiger partial charge in [0.05, 0.1) is 28.1 Å². The molecule has 1 N–H and O–H groups in total. The van der Waals surface area contributed by atoms with E-state index in [2.05, 4.69) is 41.1 Å². The summed E-state index contributed by atoms with van der Waals surface area (Å²) in [6.45, 7) is 11.9. The van der Waals surface area contributed by atoms with E-state index in [0.29, 0.717) is 57.0 Å². The number of amides is 3. The number of para-hydroxylation sites is 1. The summed E-state index contributed by atoms with van der Waals surface area (Å²) < 4.78 is 15.0. The molecule has 2 aromatic heterocycles. The van der Waals surface area contributed by atoms with Gasteiger partial charge in [0, 0.05) is 62.7 Å². The number of hydrogen-bond acceptors (Lipinski definition) is 10. The second kappa shape index (κ2) is 20.4. The van der Waals surface area contributed by atoms with Gasteiger partial charge < -0.3 is 29.5 Å². The Hall–Kier alpha value is -5.28. The quantitative estimate of drug-likeness (QED) is 0.110. The number of aryl methyl sites for hydroxylation is 1. The van der Waals surface area contributed by atoms with Crippen molar-refractivity contribution < 1.29 is 28.7 Å². The molecule has 0 unspecified atom stereocenters. The standard InChI is InChI=1S/C53H72N8O7/c1-5-7-17-53(20-21-53)50(65)67-35-60-45-11-9-8-10-40(45)33-43(47(60)62)39-12-24-59(25-13-39)51(66)55-44(48(63)58-28-26-57(27-29-58)42-14-22-56(4)23-15-42)32-38-30-37(3)46-41(31-38)34-54-61(46)36-68-49(64)52(16-6-2)18-19-52/h8-11,30-31,33-34,39,42,44H,5-7,12-29,32,35-36H2,1-4H3,(H,55,66)/t44-/m1/s1. The summed E-state index contributed by atoms with van der Waals surface area (Å²) in [6, 6.07) is 13.2. The molecule has 68 heavy (non-hydrogen) atoms. The molecule has 2 aromatic carbocycles. The Kier molecular flexibility index (Phi) is 14.3. The molecular weight excluding hydrogens is 861 g/mol. The van der Waals surface area contributed by atoms with Crippen LogP contribution in [0.3, 0.4) is 0 Å². The van der Waals surface area contributed by atoms with Gasteiger partial charge in [0.1, 0.15) is 6.04 Å². The van der Waals surface area contributed by atoms with Gasteiger partial charge in [0.2, 0.25) is 5.91 Å². The average Bonchev–Trinajstić information content (AvgIpc) is 4.29. The predicted molar refractivity (Wildman–Crippen MR) is 261 cm³/mol. The topological polar surface area (TPSA) is 152 Å². The van der Waals surface area contributed by atoms with Crippen LogP contribution in [0, 0.1) is 17.8 Å². The summed E-state index contributed by atoms with van der Waals surface area (Å²) in [5.41, 5.74) is 3.18. The summed E-state index contributed by atoms with van der Waals surface area (Å²) in [6.07, 6.45) is 13.5. The van der Waals surface area contributed by atoms with Crippen LogP contribution in [-0.2, 0) is 43.7 Å². The molecule has 15 heteroatoms. The molecule has 3 amide bonds. The van der Waals surface area contributed by atoms with Gasteiger partial charge in [-0.15, -0.1) is 0 Å². The van der Waals surface area contributed by atoms with Crippen LogP contribution in [0.2, 0.25) is 0 Å². The van der Waals surface area contributed by atoms with Crippen molar-refractivity contribution in [2.45, 2.75) is 142 Å². The first-order valence-corrected chi connectivity index (χ1v) is 25.6. The van der Waals surface area contributed by atoms with Crippen molar-refractivity contribution in [3.05, 3.63) is 75.7 Å². The first-order chi connectivity index (χ1) is 32.9. The number of ether oxygens (including phenoxy) is 2. The Morgan fingerprint density at radius 3 is 2.13 bits per heavy atom. The minimum Gasteiger partial charge on any atom is -0.443 e. The number of carbonyl (C=O) groups is 4. The van der Waals surface area contributed by atoms with E-state index in [1.165, 1.54) is 0 Å². The smallest absolute Gasteiger partial charge is 0.318 e. The third-order valence-corrected chi connectivity index (χ3v) is 16.1. The van der Waals surface area contributed by atoms with Crippen LogP contribution in [0.15, 0.2) is 53.5 Å². The van der Waals surface area contributed by atoms with E-state index < -0.39 is 11.5 Å². The minimum atomic E-state index is -0.802. The van der Waals surface area contributed by atoms with Gasteiger partial charge in [-0.05, 0) is 132 Å². The lowest BCUT2D eigenvalue weighted by Crippen LogP contribution is -2.59. The number of unbranched alkanes of at least 4 members (excludes halogenated alkanes) is 1. The molecule has 0 spiro atoms. The van der Waals surface area contributed by atoms with Crippen LogP contribution in [-0.4, -0.2) is 129 Å². The Morgan fingerprint density at radius 2 is 1.46 bits per heavy atom. The molecule has 9 rings (SSSR count). The third kappa shape index (κ3) is 10.2. The third-order valence-electron chi connectivity index (χ3n) is 16.1. The van der Waals surface area contributed by atoms with Crippen molar-refractivity contribution in [1.29, 1.82) is 0 Å². The van der Waals surface area contributed by atoms with Crippen molar-refractivity contribution in [2.75, 3.05) is 59.4 Å². The SMILES string of the molecule is CCCCC1(C(=O)OCn2c(=O)c(C3CCN(C(=O)N[C@H](Cc4cc(C)c5c(cnn5COC(=O)C5(CCC)CC5)c4)C(=O)N4CCN(C5CCN(C)CC5)CC4)CC3)cc3ccccc32)CC1. The summed E-state index contributed by atoms with van der Waals surface area (Å²) in [5, 5.41) is 9.56. The maximum absolute atomic E-state index is 14.6. The fraction of sp³-hybridized carbons (Fsp3) is 0.623. The number of carbonyl (C=O) groups excluding carboxylic acids is 4. The van der Waals surface area contributed by atoms with Crippen LogP contribution in [0.25, 0.3) is 21.8 Å². The van der Waals surface area contributed by atoms with Crippen molar-refractivity contribution in [1.82, 2.24) is 39.3 Å². The molecule has 2 aliphatic carbocycles. The summed E-state index contributed by atoms with van der Waals surface area (Å²) in [4.78, 5) is 78.0. The highest BCUT2D eigenvalue weighted by molar-refractivity contribution is 5.88. The van der Waals surface area contributed by atoms with Gasteiger partial charge in [-0.3, -0.25) is 28.6 Å². The highest BCUT2D eigenvalue weighted by atomic mass is 16.5. The molecule has 0 bridgehead atoms. The second-order valence-corrected chi connectivity index (χ2v) is 20.8. The Bertz CT molecular complexity index is 2540. The van der Waals surface area contributed by atoms with Gasteiger partial charge >= 0.3 is 18.0 Å². The number of piperazine rings is 1. The molecule has 1 atom stereocenters. The van der Waals surface area contributed by atoms with E-state index in [4.69, 9.17) is 9.47 Å². The van der Waals surface area contributed by atoms with Crippen LogP contribution < -0.4 is 10.9 Å². The van der Waals surface area contributed by atoms with Crippen LogP contribution >= 0.6 is 0 Å². The van der Waals surface area contributed by atoms with Crippen molar-refractivity contribution >= 4 is 45.7 Å². The van der Waals surface area contributed by atoms with Gasteiger partial charge in [-0.2, -0.15) is 5.10 Å². The molecule has 2 saturated carbocycles. The van der Waals surface area contributed by atoms with E-state index in [-0.39, 0.29) is 54.2 Å². The maximum Gasteiger partial charge on any atom is 0.318 e. The largest absolute Gasteiger partial charge is 0.443 e. The summed E-state index contributed by atoms with van der Waals surface area (Å²) in [5.74, 6) is -0.552. The maximum atomic E-state index is 14.6. The molecule has 5 aliphatic rings. The van der Waals surface area contributed by atoms with Gasteiger partial charge in [-0.25, -0.2) is 9.48 Å². The number of hydrogen-bond donors (Lipinski definition) is 1. The normalized spacial score (nSPS) is 20.4. The molecule has 3 aliphatic heterocycles. The van der Waals surface area contributed by atoms with E-state index in [0.717, 1.165) is 130 Å². The molecule has 4 aromatic rings. The Labute approximate surface area is 400 Å². The fourth-order valence-corrected chi connectivity index (χ4v) is 11.4. The van der Waals surface area contributed by atoms with Gasteiger partial charge in [0.15, 0.2) is 13.5 Å². The monoisotopic (exact) mass is 933 g/mol. The molecule has 15 nitrogen and oxygen atoms in total. The Balaban J connectivity index is 0.883. The molecule has 366 valence electrons. The van der Waals surface area contributed by atoms with Crippen LogP contribution in [0.5, 0.6) is 0 Å². The van der Waals surface area contributed by atoms with Crippen molar-refractivity contribution in [3.63, 3.8) is 0 Å². The number of urea groups is 1. The number of rotatable bonds is 17. The lowest BCUT2D eigenvalue weighted by atomic mass is 9.89. The van der Waals surface area contributed by atoms with Crippen molar-refractivity contribution in [2.24, 2.45) is 10.8 Å². The molecule has 3 saturated heterocycles. The number of nitrogens with zero attached hydrogens (tertiary/aromatic N) is 7. The average molecular weight is 933 g/mol. The lowest BCUT2D eigenvalue weighted by molar-refractivity contribution is -0.155. The first kappa shape index (κ1) is 47.8. The zero-order valence-corrected chi connectivity index (χ0v) is 40.8. The summed E-state index contributed by atoms with van der Waals surface area (Å²) in [7, 11) is 2.17. The van der Waals surface area contributed by atoms with E-state index in [1.54, 1.807) is 20.3 Å². The Morgan fingerprint density at radius 1 is 0.779 bits per heavy atom. The van der Waals surface area contributed by atoms with Gasteiger partial charge in [-0.1, -0.05) is 57.4 Å². The number of piperidine rings is 2. The number of esters is 2. The molecule has 0 radical (unpaired) electrons. The zero-order chi connectivity index (χ0) is 47.6. The second-order valence-electron chi connectivity index (χ2n) is 20.8. The number of nitrogens with one attached hydrogen (secondary N) is 1. The fourth-order valence-electron chi connectivity index (χ4n) is 11.4. The number of likely N-dealkylation sites (tertiary alicyclic amines) is 2. The number of fused-ring (bicyclic) bond motifs is 2. The van der Waals surface area contributed by atoms with Crippen LogP contribution in [0.1, 0.15) is 120 Å². The first-order valence-electron chi connectivity index (χ1n) is 25.6. The molecular formula is C53H72N8O7. The predicted octanol–water partition coefficient (Wildman–Crippen LogP) is 6.95. The van der Waals surface area contributed by atoms with E-state index in [9.17, 15) is 24.0 Å². The summed E-state index contributed by atoms with van der Waals surface area (Å²) >= 11 is 0. The number of pyridine rings is 1. The van der Waals surface area contributed by atoms with Crippen LogP contribution in [0.4, 0.5) is 4.79 Å². The number of aromatic nitrogens is 3. The molecule has 5 fully saturated rings. The highest BCUT2D eigenvalue weighted by Crippen LogP contribution is 2.51. The van der Waals surface area contributed by atoms with E-state index in [1.807, 2.05) is 54.3 Å². The lowest BCUT2D eigenvalue weighted by Gasteiger charge is -2.43.